The van der Waals surface area contributed by atoms with Crippen molar-refractivity contribution in [2.45, 2.75) is 13.3 Å². The number of hydrogen-bond donors (Lipinski definition) is 0. The molecule has 0 bridgehead atoms. The van der Waals surface area contributed by atoms with Gasteiger partial charge in [-0.25, -0.2) is 17.6 Å². The van der Waals surface area contributed by atoms with Gasteiger partial charge in [-0.05, 0) is 19.1 Å². The second kappa shape index (κ2) is 4.87. The van der Waals surface area contributed by atoms with E-state index in [0.29, 0.717) is 0 Å². The first-order valence-electron chi connectivity index (χ1n) is 5.31. The summed E-state index contributed by atoms with van der Waals surface area (Å²) in [7, 11) is 0. The van der Waals surface area contributed by atoms with Gasteiger partial charge in [0.15, 0.2) is 23.3 Å². The fourth-order valence-electron chi connectivity index (χ4n) is 1.64. The van der Waals surface area contributed by atoms with Crippen LogP contribution in [-0.2, 0) is 11.2 Å². The van der Waals surface area contributed by atoms with Gasteiger partial charge in [-0.3, -0.25) is 4.79 Å². The summed E-state index contributed by atoms with van der Waals surface area (Å²) in [5.41, 5.74) is -0.924. The lowest BCUT2D eigenvalue weighted by molar-refractivity contribution is -0.116. The Morgan fingerprint density at radius 2 is 1.68 bits per heavy atom. The van der Waals surface area contributed by atoms with E-state index in [1.165, 1.54) is 13.0 Å². The molecular weight excluding hydrogens is 264 g/mol. The molecule has 2 rings (SSSR count). The van der Waals surface area contributed by atoms with Gasteiger partial charge in [-0.1, -0.05) is 0 Å². The number of carbonyl (C=O) groups excluding carboxylic acids is 1. The van der Waals surface area contributed by atoms with Gasteiger partial charge in [0.05, 0.1) is 12.0 Å². The number of benzene rings is 1. The Balaban J connectivity index is 2.53. The SMILES string of the molecule is CC(=O)Cc1ccc(-c2c(F)c(F)cc(F)c2F)o1. The molecule has 0 spiro atoms. The number of rotatable bonds is 3. The van der Waals surface area contributed by atoms with Crippen molar-refractivity contribution in [2.75, 3.05) is 0 Å². The molecule has 0 saturated carbocycles. The number of halogens is 4. The van der Waals surface area contributed by atoms with Crippen LogP contribution in [0.3, 0.4) is 0 Å². The lowest BCUT2D eigenvalue weighted by atomic mass is 10.1. The number of hydrogen-bond acceptors (Lipinski definition) is 2. The van der Waals surface area contributed by atoms with Crippen molar-refractivity contribution < 1.29 is 26.8 Å². The summed E-state index contributed by atoms with van der Waals surface area (Å²) in [5, 5.41) is 0. The third-order valence-corrected chi connectivity index (χ3v) is 2.44. The van der Waals surface area contributed by atoms with Crippen LogP contribution in [0.5, 0.6) is 0 Å². The molecule has 0 aliphatic rings. The minimum Gasteiger partial charge on any atom is -0.460 e. The summed E-state index contributed by atoms with van der Waals surface area (Å²) >= 11 is 0. The summed E-state index contributed by atoms with van der Waals surface area (Å²) in [6.07, 6.45) is -0.0684. The minimum atomic E-state index is -1.54. The van der Waals surface area contributed by atoms with Crippen LogP contribution in [0.2, 0.25) is 0 Å². The van der Waals surface area contributed by atoms with Gasteiger partial charge in [-0.15, -0.1) is 0 Å². The average molecular weight is 272 g/mol. The molecule has 100 valence electrons. The zero-order valence-corrected chi connectivity index (χ0v) is 9.77. The number of carbonyl (C=O) groups is 1. The largest absolute Gasteiger partial charge is 0.460 e. The predicted octanol–water partition coefficient (Wildman–Crippen LogP) is 3.63. The maximum atomic E-state index is 13.5. The quantitative estimate of drug-likeness (QED) is 0.630. The highest BCUT2D eigenvalue weighted by molar-refractivity contribution is 5.77. The lowest BCUT2D eigenvalue weighted by Gasteiger charge is -2.04. The molecule has 0 aliphatic heterocycles. The summed E-state index contributed by atoms with van der Waals surface area (Å²) in [5.74, 6) is -6.54. The molecule has 0 unspecified atom stereocenters. The Bertz CT molecular complexity index is 620. The van der Waals surface area contributed by atoms with Crippen LogP contribution in [0.1, 0.15) is 12.7 Å². The normalized spacial score (nSPS) is 10.8. The molecule has 0 fully saturated rings. The lowest BCUT2D eigenvalue weighted by Crippen LogP contribution is -1.98. The fourth-order valence-corrected chi connectivity index (χ4v) is 1.64. The number of ketones is 1. The topological polar surface area (TPSA) is 30.2 Å². The van der Waals surface area contributed by atoms with E-state index in [-0.39, 0.29) is 29.8 Å². The van der Waals surface area contributed by atoms with Crippen molar-refractivity contribution in [3.05, 3.63) is 47.2 Å². The molecular formula is C13H8F4O2. The van der Waals surface area contributed by atoms with Crippen LogP contribution in [0.25, 0.3) is 11.3 Å². The molecule has 0 N–H and O–H groups in total. The molecule has 6 heteroatoms. The second-order valence-corrected chi connectivity index (χ2v) is 3.99. The van der Waals surface area contributed by atoms with E-state index < -0.39 is 28.8 Å². The van der Waals surface area contributed by atoms with Gasteiger partial charge in [0.25, 0.3) is 0 Å². The van der Waals surface area contributed by atoms with E-state index in [2.05, 4.69) is 0 Å². The molecule has 0 aliphatic carbocycles. The Labute approximate surface area is 105 Å². The number of Topliss-reactive ketones (excluding diaryl/α,β-unsaturated/α-hetero) is 1. The maximum absolute atomic E-state index is 13.5. The van der Waals surface area contributed by atoms with Crippen molar-refractivity contribution in [2.24, 2.45) is 0 Å². The standard InChI is InChI=1S/C13H8F4O2/c1-6(18)4-7-2-3-10(19-7)11-12(16)8(14)5-9(15)13(11)17/h2-3,5H,4H2,1H3. The molecule has 1 aromatic carbocycles. The zero-order valence-electron chi connectivity index (χ0n) is 9.77. The van der Waals surface area contributed by atoms with Crippen LogP contribution >= 0.6 is 0 Å². The third-order valence-electron chi connectivity index (χ3n) is 2.44. The van der Waals surface area contributed by atoms with Crippen LogP contribution in [0.4, 0.5) is 17.6 Å². The first-order valence-corrected chi connectivity index (χ1v) is 5.31. The van der Waals surface area contributed by atoms with Crippen LogP contribution in [-0.4, -0.2) is 5.78 Å². The summed E-state index contributed by atoms with van der Waals surface area (Å²) in [4.78, 5) is 10.9. The van der Waals surface area contributed by atoms with Gasteiger partial charge in [0, 0.05) is 6.07 Å². The molecule has 1 aromatic heterocycles. The van der Waals surface area contributed by atoms with Crippen molar-refractivity contribution in [1.29, 1.82) is 0 Å². The summed E-state index contributed by atoms with van der Waals surface area (Å²) in [6, 6.07) is 2.59. The van der Waals surface area contributed by atoms with Gasteiger partial charge < -0.3 is 4.42 Å². The highest BCUT2D eigenvalue weighted by Gasteiger charge is 2.23. The van der Waals surface area contributed by atoms with Gasteiger partial charge in [0.2, 0.25) is 0 Å². The molecule has 19 heavy (non-hydrogen) atoms. The molecule has 0 amide bonds. The maximum Gasteiger partial charge on any atom is 0.172 e. The average Bonchev–Trinajstić information content (AvgIpc) is 2.74. The highest BCUT2D eigenvalue weighted by atomic mass is 19.2. The van der Waals surface area contributed by atoms with Crippen molar-refractivity contribution in [3.63, 3.8) is 0 Å². The van der Waals surface area contributed by atoms with E-state index in [1.807, 2.05) is 0 Å². The van der Waals surface area contributed by atoms with E-state index in [0.717, 1.165) is 6.07 Å². The Morgan fingerprint density at radius 3 is 2.21 bits per heavy atom. The molecule has 0 atom stereocenters. The van der Waals surface area contributed by atoms with E-state index in [9.17, 15) is 22.4 Å². The van der Waals surface area contributed by atoms with E-state index in [1.54, 1.807) is 0 Å². The van der Waals surface area contributed by atoms with Crippen molar-refractivity contribution >= 4 is 5.78 Å². The Hall–Kier alpha value is -2.11. The second-order valence-electron chi connectivity index (χ2n) is 3.99. The number of furan rings is 1. The molecule has 2 nitrogen and oxygen atoms in total. The van der Waals surface area contributed by atoms with Gasteiger partial charge in [0.1, 0.15) is 17.3 Å². The predicted molar refractivity (Wildman–Crippen MR) is 58.4 cm³/mol. The Morgan fingerprint density at radius 1 is 1.11 bits per heavy atom. The van der Waals surface area contributed by atoms with Gasteiger partial charge in [-0.2, -0.15) is 0 Å². The molecule has 0 saturated heterocycles. The third kappa shape index (κ3) is 2.52. The van der Waals surface area contributed by atoms with E-state index >= 15 is 0 Å². The van der Waals surface area contributed by atoms with Crippen LogP contribution < -0.4 is 0 Å². The monoisotopic (exact) mass is 272 g/mol. The minimum absolute atomic E-state index is 0.0684. The first kappa shape index (κ1) is 13.3. The smallest absolute Gasteiger partial charge is 0.172 e. The van der Waals surface area contributed by atoms with Gasteiger partial charge >= 0.3 is 0 Å². The highest BCUT2D eigenvalue weighted by Crippen LogP contribution is 2.31. The van der Waals surface area contributed by atoms with Crippen LogP contribution in [0.15, 0.2) is 22.6 Å². The Kier molecular flexibility index (Phi) is 3.42. The fraction of sp³-hybridized carbons (Fsp3) is 0.154. The molecule has 0 radical (unpaired) electrons. The zero-order chi connectivity index (χ0) is 14.2. The van der Waals surface area contributed by atoms with Crippen molar-refractivity contribution in [3.8, 4) is 11.3 Å². The van der Waals surface area contributed by atoms with Crippen LogP contribution in [0, 0.1) is 23.3 Å². The summed E-state index contributed by atoms with van der Waals surface area (Å²) in [6.45, 7) is 1.31. The molecule has 1 heterocycles. The van der Waals surface area contributed by atoms with Crippen molar-refractivity contribution in [1.82, 2.24) is 0 Å². The summed E-state index contributed by atoms with van der Waals surface area (Å²) < 4.78 is 58.1. The first-order chi connectivity index (χ1) is 8.90. The van der Waals surface area contributed by atoms with E-state index in [4.69, 9.17) is 4.42 Å². The molecule has 2 aromatic rings.